The zero-order valence-electron chi connectivity index (χ0n) is 8.63. The maximum absolute atomic E-state index is 9.01. The first-order valence-electron chi connectivity index (χ1n) is 5.30. The largest absolute Gasteiger partial charge is 0.281 e. The summed E-state index contributed by atoms with van der Waals surface area (Å²) in [6.07, 6.45) is 6.79. The van der Waals surface area contributed by atoms with E-state index in [0.29, 0.717) is 6.54 Å². The van der Waals surface area contributed by atoms with Crippen LogP contribution in [0.4, 0.5) is 0 Å². The van der Waals surface area contributed by atoms with Crippen LogP contribution in [-0.2, 0) is 6.54 Å². The minimum absolute atomic E-state index is 0.0440. The smallest absolute Gasteiger partial charge is 0.142 e. The van der Waals surface area contributed by atoms with Gasteiger partial charge in [0, 0.05) is 12.4 Å². The first kappa shape index (κ1) is 10.1. The lowest BCUT2D eigenvalue weighted by molar-refractivity contribution is 0.172. The lowest BCUT2D eigenvalue weighted by Crippen LogP contribution is -2.38. The zero-order valence-corrected chi connectivity index (χ0v) is 8.63. The molecule has 1 aliphatic rings. The van der Waals surface area contributed by atoms with Gasteiger partial charge in [-0.05, 0) is 31.9 Å². The summed E-state index contributed by atoms with van der Waals surface area (Å²) < 4.78 is 0. The summed E-state index contributed by atoms with van der Waals surface area (Å²) in [6, 6.07) is 4.20. The quantitative estimate of drug-likeness (QED) is 0.726. The van der Waals surface area contributed by atoms with Gasteiger partial charge in [-0.15, -0.1) is 0 Å². The zero-order chi connectivity index (χ0) is 10.5. The monoisotopic (exact) mass is 202 g/mol. The molecule has 1 atom stereocenters. The van der Waals surface area contributed by atoms with E-state index in [9.17, 15) is 0 Å². The highest BCUT2D eigenvalue weighted by atomic mass is 15.2. The van der Waals surface area contributed by atoms with E-state index in [0.717, 1.165) is 25.2 Å². The molecule has 4 heteroatoms. The highest BCUT2D eigenvalue weighted by Crippen LogP contribution is 2.17. The summed E-state index contributed by atoms with van der Waals surface area (Å²) in [5.74, 6) is 0.805. The van der Waals surface area contributed by atoms with Crippen LogP contribution in [0.3, 0.4) is 0 Å². The molecule has 0 radical (unpaired) electrons. The molecule has 15 heavy (non-hydrogen) atoms. The van der Waals surface area contributed by atoms with E-state index in [1.165, 1.54) is 6.42 Å². The molecule has 0 amide bonds. The minimum atomic E-state index is 0.0440. The Kier molecular flexibility index (Phi) is 3.25. The van der Waals surface area contributed by atoms with Gasteiger partial charge in [-0.1, -0.05) is 0 Å². The summed E-state index contributed by atoms with van der Waals surface area (Å²) in [7, 11) is 0. The Morgan fingerprint density at radius 2 is 2.20 bits per heavy atom. The number of piperidine rings is 1. The van der Waals surface area contributed by atoms with Crippen LogP contribution < -0.4 is 0 Å². The molecule has 0 aromatic carbocycles. The normalized spacial score (nSPS) is 22.2. The highest BCUT2D eigenvalue weighted by Gasteiger charge is 2.22. The van der Waals surface area contributed by atoms with Gasteiger partial charge < -0.3 is 0 Å². The first-order chi connectivity index (χ1) is 7.40. The topological polar surface area (TPSA) is 52.8 Å². The number of aromatic nitrogens is 2. The molecule has 4 nitrogen and oxygen atoms in total. The summed E-state index contributed by atoms with van der Waals surface area (Å²) in [5.41, 5.74) is 0. The molecule has 1 fully saturated rings. The number of nitriles is 1. The molecule has 1 saturated heterocycles. The third-order valence-corrected chi connectivity index (χ3v) is 2.73. The van der Waals surface area contributed by atoms with Gasteiger partial charge in [0.15, 0.2) is 0 Å². The van der Waals surface area contributed by atoms with Crippen LogP contribution in [-0.4, -0.2) is 27.5 Å². The summed E-state index contributed by atoms with van der Waals surface area (Å²) in [6.45, 7) is 1.68. The average molecular weight is 202 g/mol. The molecule has 0 bridgehead atoms. The summed E-state index contributed by atoms with van der Waals surface area (Å²) in [5, 5.41) is 9.01. The van der Waals surface area contributed by atoms with Crippen molar-refractivity contribution in [3.05, 3.63) is 24.3 Å². The van der Waals surface area contributed by atoms with Crippen molar-refractivity contribution in [1.29, 1.82) is 5.26 Å². The first-order valence-corrected chi connectivity index (χ1v) is 5.30. The van der Waals surface area contributed by atoms with E-state index in [2.05, 4.69) is 20.9 Å². The number of hydrogen-bond acceptors (Lipinski definition) is 4. The van der Waals surface area contributed by atoms with Crippen molar-refractivity contribution in [3.8, 4) is 6.07 Å². The molecule has 2 heterocycles. The molecule has 1 aromatic rings. The van der Waals surface area contributed by atoms with Crippen LogP contribution in [0, 0.1) is 11.3 Å². The lowest BCUT2D eigenvalue weighted by atomic mass is 10.0. The maximum atomic E-state index is 9.01. The molecule has 2 rings (SSSR count). The third kappa shape index (κ3) is 2.51. The van der Waals surface area contributed by atoms with Crippen molar-refractivity contribution in [1.82, 2.24) is 14.9 Å². The fourth-order valence-electron chi connectivity index (χ4n) is 1.92. The molecule has 0 aliphatic carbocycles. The molecule has 78 valence electrons. The van der Waals surface area contributed by atoms with Crippen LogP contribution >= 0.6 is 0 Å². The van der Waals surface area contributed by atoms with E-state index < -0.39 is 0 Å². The summed E-state index contributed by atoms with van der Waals surface area (Å²) in [4.78, 5) is 10.5. The Bertz CT molecular complexity index is 343. The van der Waals surface area contributed by atoms with Crippen LogP contribution in [0.2, 0.25) is 0 Å². The van der Waals surface area contributed by atoms with Crippen LogP contribution in [0.5, 0.6) is 0 Å². The van der Waals surface area contributed by atoms with Crippen molar-refractivity contribution >= 4 is 0 Å². The van der Waals surface area contributed by atoms with Crippen molar-refractivity contribution in [2.75, 3.05) is 6.54 Å². The van der Waals surface area contributed by atoms with Crippen molar-refractivity contribution in [2.45, 2.75) is 31.8 Å². The van der Waals surface area contributed by atoms with Crippen molar-refractivity contribution in [3.63, 3.8) is 0 Å². The molecular formula is C11H14N4. The molecular weight excluding hydrogens is 188 g/mol. The fraction of sp³-hybridized carbons (Fsp3) is 0.545. The Morgan fingerprint density at radius 3 is 2.93 bits per heavy atom. The van der Waals surface area contributed by atoms with Crippen LogP contribution in [0.15, 0.2) is 18.5 Å². The van der Waals surface area contributed by atoms with E-state index >= 15 is 0 Å². The highest BCUT2D eigenvalue weighted by molar-refractivity contribution is 4.97. The standard InChI is InChI=1S/C11H14N4/c12-8-10-4-1-2-7-15(10)9-11-13-5-3-6-14-11/h3,5-6,10H,1-2,4,7,9H2. The minimum Gasteiger partial charge on any atom is -0.281 e. The molecule has 0 spiro atoms. The van der Waals surface area contributed by atoms with E-state index in [1.807, 2.05) is 6.07 Å². The SMILES string of the molecule is N#CC1CCCCN1Cc1ncccn1. The van der Waals surface area contributed by atoms with Crippen molar-refractivity contribution < 1.29 is 0 Å². The second-order valence-electron chi connectivity index (χ2n) is 3.78. The predicted molar refractivity (Wildman–Crippen MR) is 55.7 cm³/mol. The Labute approximate surface area is 89.6 Å². The van der Waals surface area contributed by atoms with Gasteiger partial charge in [0.25, 0.3) is 0 Å². The van der Waals surface area contributed by atoms with Crippen molar-refractivity contribution in [2.24, 2.45) is 0 Å². The van der Waals surface area contributed by atoms with Crippen LogP contribution in [0.25, 0.3) is 0 Å². The number of nitrogens with zero attached hydrogens (tertiary/aromatic N) is 4. The van der Waals surface area contributed by atoms with Gasteiger partial charge >= 0.3 is 0 Å². The third-order valence-electron chi connectivity index (χ3n) is 2.73. The van der Waals surface area contributed by atoms with Gasteiger partial charge in [-0.25, -0.2) is 9.97 Å². The Hall–Kier alpha value is -1.47. The second-order valence-corrected chi connectivity index (χ2v) is 3.78. The molecule has 1 unspecified atom stereocenters. The number of rotatable bonds is 2. The van der Waals surface area contributed by atoms with Crippen LogP contribution in [0.1, 0.15) is 25.1 Å². The Balaban J connectivity index is 2.01. The van der Waals surface area contributed by atoms with E-state index in [4.69, 9.17) is 5.26 Å². The molecule has 1 aromatic heterocycles. The summed E-state index contributed by atoms with van der Waals surface area (Å²) >= 11 is 0. The van der Waals surface area contributed by atoms with Gasteiger partial charge in [0.05, 0.1) is 18.7 Å². The second kappa shape index (κ2) is 4.85. The van der Waals surface area contributed by atoms with Gasteiger partial charge in [-0.2, -0.15) is 5.26 Å². The van der Waals surface area contributed by atoms with E-state index in [1.54, 1.807) is 12.4 Å². The number of likely N-dealkylation sites (tertiary alicyclic amines) is 1. The molecule has 0 N–H and O–H groups in total. The maximum Gasteiger partial charge on any atom is 0.142 e. The van der Waals surface area contributed by atoms with E-state index in [-0.39, 0.29) is 6.04 Å². The lowest BCUT2D eigenvalue weighted by Gasteiger charge is -2.30. The average Bonchev–Trinajstić information content (AvgIpc) is 2.31. The number of hydrogen-bond donors (Lipinski definition) is 0. The molecule has 0 saturated carbocycles. The van der Waals surface area contributed by atoms with Gasteiger partial charge in [0.2, 0.25) is 0 Å². The molecule has 1 aliphatic heterocycles. The predicted octanol–water partition coefficient (Wildman–Crippen LogP) is 1.35. The van der Waals surface area contributed by atoms with Gasteiger partial charge in [0.1, 0.15) is 5.82 Å². The van der Waals surface area contributed by atoms with Gasteiger partial charge in [-0.3, -0.25) is 4.90 Å². The Morgan fingerprint density at radius 1 is 1.40 bits per heavy atom. The fourth-order valence-corrected chi connectivity index (χ4v) is 1.92.